The predicted molar refractivity (Wildman–Crippen MR) is 124 cm³/mol. The fraction of sp³-hybridized carbons (Fsp3) is 0.500. The Morgan fingerprint density at radius 2 is 1.64 bits per heavy atom. The van der Waals surface area contributed by atoms with Gasteiger partial charge in [-0.15, -0.1) is 0 Å². The fourth-order valence-corrected chi connectivity index (χ4v) is 6.70. The number of alkyl halides is 6. The number of halogens is 8. The molecule has 19 heteroatoms. The Labute approximate surface area is 227 Å². The predicted octanol–water partition coefficient (Wildman–Crippen LogP) is 4.14. The maximum absolute atomic E-state index is 13.0. The molecule has 3 atom stereocenters. The minimum atomic E-state index is -6.04. The largest absolute Gasteiger partial charge is 0.534 e. The summed E-state index contributed by atoms with van der Waals surface area (Å²) in [4.78, 5) is 12.7. The summed E-state index contributed by atoms with van der Waals surface area (Å²) in [6, 6.07) is 1.59. The van der Waals surface area contributed by atoms with Crippen LogP contribution < -0.4 is 9.50 Å². The summed E-state index contributed by atoms with van der Waals surface area (Å²) in [5.74, 6) is -3.40. The summed E-state index contributed by atoms with van der Waals surface area (Å²) >= 11 is 12.7. The van der Waals surface area contributed by atoms with Gasteiger partial charge in [0.15, 0.2) is 0 Å². The minimum Gasteiger partial charge on any atom is -0.376 e. The SMILES string of the molecule is O=C1NCC[C@@H]1C(c1c(Cl)cc(OS(=O)(=O)C(F)(F)F)cc1Cl)C1CCc2cn(S(=O)(=O)C(F)(F)F)nc2C1. The summed E-state index contributed by atoms with van der Waals surface area (Å²) in [7, 11) is -11.8. The molecule has 1 aromatic carbocycles. The van der Waals surface area contributed by atoms with Crippen LogP contribution in [0.3, 0.4) is 0 Å². The van der Waals surface area contributed by atoms with Crippen LogP contribution in [0.2, 0.25) is 10.0 Å². The fourth-order valence-electron chi connectivity index (χ4n) is 4.85. The highest BCUT2D eigenvalue weighted by Crippen LogP contribution is 2.48. The van der Waals surface area contributed by atoms with Crippen molar-refractivity contribution in [1.29, 1.82) is 0 Å². The lowest BCUT2D eigenvalue weighted by Gasteiger charge is -2.34. The lowest BCUT2D eigenvalue weighted by atomic mass is 9.70. The topological polar surface area (TPSA) is 124 Å². The Kier molecular flexibility index (Phi) is 7.62. The van der Waals surface area contributed by atoms with E-state index in [1.165, 1.54) is 0 Å². The van der Waals surface area contributed by atoms with Gasteiger partial charge in [-0.2, -0.15) is 52.4 Å². The van der Waals surface area contributed by atoms with E-state index in [0.717, 1.165) is 18.3 Å². The second-order valence-electron chi connectivity index (χ2n) is 8.92. The van der Waals surface area contributed by atoms with Gasteiger partial charge < -0.3 is 9.50 Å². The highest BCUT2D eigenvalue weighted by atomic mass is 35.5. The molecule has 1 aromatic heterocycles. The number of rotatable bonds is 6. The number of aromatic nitrogens is 2. The van der Waals surface area contributed by atoms with E-state index in [4.69, 9.17) is 23.2 Å². The summed E-state index contributed by atoms with van der Waals surface area (Å²) in [6.45, 7) is 0.274. The third kappa shape index (κ3) is 5.54. The van der Waals surface area contributed by atoms with Gasteiger partial charge in [0.1, 0.15) is 5.75 Å². The molecule has 0 saturated carbocycles. The number of benzene rings is 1. The van der Waals surface area contributed by atoms with E-state index in [-0.39, 0.29) is 63.2 Å². The van der Waals surface area contributed by atoms with Crippen LogP contribution in [0.5, 0.6) is 5.75 Å². The van der Waals surface area contributed by atoms with Gasteiger partial charge in [0.05, 0.1) is 5.69 Å². The molecule has 1 N–H and O–H groups in total. The van der Waals surface area contributed by atoms with Crippen molar-refractivity contribution in [3.63, 3.8) is 0 Å². The van der Waals surface area contributed by atoms with Crippen LogP contribution in [0.4, 0.5) is 26.3 Å². The number of fused-ring (bicyclic) bond motifs is 1. The van der Waals surface area contributed by atoms with Gasteiger partial charge in [-0.25, -0.2) is 0 Å². The van der Waals surface area contributed by atoms with E-state index < -0.39 is 60.6 Å². The maximum atomic E-state index is 13.0. The van der Waals surface area contributed by atoms with Crippen LogP contribution in [0.1, 0.15) is 35.6 Å². The van der Waals surface area contributed by atoms with E-state index >= 15 is 0 Å². The number of carbonyl (C=O) groups is 1. The Hall–Kier alpha value is -2.24. The van der Waals surface area contributed by atoms with E-state index in [1.54, 1.807) is 0 Å². The van der Waals surface area contributed by atoms with Crippen molar-refractivity contribution < 1.29 is 52.2 Å². The van der Waals surface area contributed by atoms with E-state index in [2.05, 4.69) is 14.6 Å². The number of hydrogen-bond acceptors (Lipinski definition) is 7. The Bertz CT molecular complexity index is 1500. The zero-order valence-electron chi connectivity index (χ0n) is 19.2. The Morgan fingerprint density at radius 1 is 1.03 bits per heavy atom. The molecule has 4 rings (SSSR count). The molecule has 0 bridgehead atoms. The van der Waals surface area contributed by atoms with Gasteiger partial charge in [0.25, 0.3) is 0 Å². The second kappa shape index (κ2) is 9.99. The summed E-state index contributed by atoms with van der Waals surface area (Å²) in [6.07, 6.45) is 1.33. The Balaban J connectivity index is 1.73. The summed E-state index contributed by atoms with van der Waals surface area (Å²) < 4.78 is 128. The zero-order valence-corrected chi connectivity index (χ0v) is 22.3. The first-order valence-corrected chi connectivity index (χ1v) is 14.6. The molecule has 2 unspecified atom stereocenters. The van der Waals surface area contributed by atoms with Gasteiger partial charge in [0.2, 0.25) is 5.91 Å². The summed E-state index contributed by atoms with van der Waals surface area (Å²) in [5, 5.41) is 5.65. The lowest BCUT2D eigenvalue weighted by Crippen LogP contribution is -2.32. The van der Waals surface area contributed by atoms with E-state index in [1.807, 2.05) is 0 Å². The third-order valence-electron chi connectivity index (χ3n) is 6.54. The van der Waals surface area contributed by atoms with Crippen LogP contribution in [0.15, 0.2) is 18.3 Å². The molecule has 2 aromatic rings. The molecule has 0 spiro atoms. The van der Waals surface area contributed by atoms with Crippen molar-refractivity contribution in [3.05, 3.63) is 45.2 Å². The van der Waals surface area contributed by atoms with Crippen molar-refractivity contribution in [1.82, 2.24) is 14.5 Å². The molecule has 0 radical (unpaired) electrons. The monoisotopic (exact) mass is 643 g/mol. The van der Waals surface area contributed by atoms with E-state index in [9.17, 15) is 48.0 Å². The first kappa shape index (κ1) is 29.7. The van der Waals surface area contributed by atoms with Crippen LogP contribution in [-0.2, 0) is 37.8 Å². The second-order valence-corrected chi connectivity index (χ2v) is 13.1. The number of aryl methyl sites for hydroxylation is 1. The van der Waals surface area contributed by atoms with Gasteiger partial charge >= 0.3 is 31.2 Å². The number of nitrogens with zero attached hydrogens (tertiary/aromatic N) is 2. The highest BCUT2D eigenvalue weighted by molar-refractivity contribution is 7.90. The molecular formula is C20H17Cl2F6N3O6S2. The number of hydrogen-bond donors (Lipinski definition) is 1. The van der Waals surface area contributed by atoms with Crippen molar-refractivity contribution >= 4 is 49.3 Å². The molecule has 9 nitrogen and oxygen atoms in total. The summed E-state index contributed by atoms with van der Waals surface area (Å²) in [5.41, 5.74) is -10.9. The van der Waals surface area contributed by atoms with E-state index in [0.29, 0.717) is 0 Å². The molecule has 1 amide bonds. The molecule has 1 fully saturated rings. The maximum Gasteiger partial charge on any atom is 0.534 e. The smallest absolute Gasteiger partial charge is 0.376 e. The van der Waals surface area contributed by atoms with Crippen molar-refractivity contribution in [2.45, 2.75) is 42.6 Å². The van der Waals surface area contributed by atoms with Crippen molar-refractivity contribution in [2.24, 2.45) is 11.8 Å². The molecule has 1 aliphatic carbocycles. The molecule has 2 aliphatic rings. The van der Waals surface area contributed by atoms with Crippen molar-refractivity contribution in [3.8, 4) is 5.75 Å². The first-order valence-electron chi connectivity index (χ1n) is 11.0. The Morgan fingerprint density at radius 3 is 2.15 bits per heavy atom. The molecule has 39 heavy (non-hydrogen) atoms. The quantitative estimate of drug-likeness (QED) is 0.285. The highest BCUT2D eigenvalue weighted by Gasteiger charge is 2.50. The third-order valence-corrected chi connectivity index (χ3v) is 9.41. The van der Waals surface area contributed by atoms with Gasteiger partial charge in [-0.05, 0) is 42.7 Å². The molecule has 216 valence electrons. The van der Waals surface area contributed by atoms with Crippen LogP contribution in [-0.4, -0.2) is 49.5 Å². The molecule has 2 heterocycles. The van der Waals surface area contributed by atoms with Gasteiger partial charge in [-0.3, -0.25) is 4.79 Å². The van der Waals surface area contributed by atoms with Crippen LogP contribution in [0, 0.1) is 11.8 Å². The standard InChI is InChI=1S/C20H17Cl2F6N3O6S2/c21-13-6-11(37-39(35,36)20(26,27)28)7-14(22)17(13)16(12-3-4-29-18(12)32)9-1-2-10-8-31(30-15(10)5-9)38(33,34)19(23,24)25/h6-9,12,16H,1-5H2,(H,29,32)/t9?,12-,16?/m1/s1. The van der Waals surface area contributed by atoms with Crippen LogP contribution in [0.25, 0.3) is 0 Å². The number of carbonyl (C=O) groups excluding carboxylic acids is 1. The number of nitrogens with one attached hydrogen (secondary N) is 1. The lowest BCUT2D eigenvalue weighted by molar-refractivity contribution is -0.123. The zero-order chi connectivity index (χ0) is 29.1. The normalized spacial score (nSPS) is 21.4. The molecule has 1 aliphatic heterocycles. The minimum absolute atomic E-state index is 0.0472. The van der Waals surface area contributed by atoms with Gasteiger partial charge in [-0.1, -0.05) is 23.2 Å². The average Bonchev–Trinajstić information content (AvgIpc) is 3.40. The first-order chi connectivity index (χ1) is 17.8. The number of amides is 1. The molecular weight excluding hydrogens is 627 g/mol. The van der Waals surface area contributed by atoms with Gasteiger partial charge in [0, 0.05) is 46.8 Å². The average molecular weight is 644 g/mol. The molecule has 1 saturated heterocycles. The van der Waals surface area contributed by atoms with Crippen molar-refractivity contribution in [2.75, 3.05) is 6.54 Å². The van der Waals surface area contributed by atoms with Crippen LogP contribution >= 0.6 is 23.2 Å².